The molecule has 2 saturated heterocycles. The minimum absolute atomic E-state index is 0.308. The van der Waals surface area contributed by atoms with E-state index < -0.39 is 11.7 Å². The number of benzene rings is 1. The van der Waals surface area contributed by atoms with Gasteiger partial charge in [-0.2, -0.15) is 10.1 Å². The fraction of sp³-hybridized carbons (Fsp3) is 0.478. The topological polar surface area (TPSA) is 64.9 Å². The number of likely N-dealkylation sites (tertiary alicyclic amines) is 1. The third kappa shape index (κ3) is 4.88. The molecule has 170 valence electrons. The van der Waals surface area contributed by atoms with E-state index in [1.807, 2.05) is 0 Å². The third-order valence-electron chi connectivity index (χ3n) is 6.10. The van der Waals surface area contributed by atoms with Crippen molar-refractivity contribution >= 4 is 34.3 Å². The highest BCUT2D eigenvalue weighted by Gasteiger charge is 2.27. The molecular weight excluding hydrogens is 427 g/mol. The molecular formula is C23H29FN6OS. The fourth-order valence-electron chi connectivity index (χ4n) is 4.42. The number of halogens is 1. The van der Waals surface area contributed by atoms with Crippen molar-refractivity contribution in [1.82, 2.24) is 15.1 Å². The van der Waals surface area contributed by atoms with Crippen LogP contribution in [0.3, 0.4) is 0 Å². The van der Waals surface area contributed by atoms with Crippen LogP contribution in [-0.2, 0) is 4.79 Å². The average Bonchev–Trinajstić information content (AvgIpc) is 3.33. The largest absolute Gasteiger partial charge is 0.347 e. The van der Waals surface area contributed by atoms with E-state index in [9.17, 15) is 9.18 Å². The van der Waals surface area contributed by atoms with Crippen molar-refractivity contribution < 1.29 is 9.18 Å². The van der Waals surface area contributed by atoms with Gasteiger partial charge in [0.15, 0.2) is 5.01 Å². The van der Waals surface area contributed by atoms with Crippen molar-refractivity contribution in [3.8, 4) is 10.6 Å². The summed E-state index contributed by atoms with van der Waals surface area (Å²) in [5.41, 5.74) is 0.756. The smallest absolute Gasteiger partial charge is 0.270 e. The zero-order valence-corrected chi connectivity index (χ0v) is 19.2. The fourth-order valence-corrected chi connectivity index (χ4v) is 5.33. The molecule has 3 heterocycles. The lowest BCUT2D eigenvalue weighted by Crippen LogP contribution is -2.46. The number of hydrogen-bond donors (Lipinski definition) is 0. The predicted molar refractivity (Wildman–Crippen MR) is 128 cm³/mol. The van der Waals surface area contributed by atoms with Gasteiger partial charge in [0.1, 0.15) is 5.82 Å². The first-order valence-electron chi connectivity index (χ1n) is 11.2. The van der Waals surface area contributed by atoms with Crippen molar-refractivity contribution in [2.45, 2.75) is 45.1 Å². The van der Waals surface area contributed by atoms with Crippen LogP contribution in [0.5, 0.6) is 0 Å². The van der Waals surface area contributed by atoms with Crippen LogP contribution in [0, 0.1) is 5.82 Å². The molecule has 1 aromatic carbocycles. The number of anilines is 2. The number of nitrogens with zero attached hydrogens (tertiary/aromatic N) is 6. The Hall–Kier alpha value is -2.65. The van der Waals surface area contributed by atoms with Gasteiger partial charge in [0.25, 0.3) is 5.91 Å². The molecule has 1 amide bonds. The summed E-state index contributed by atoms with van der Waals surface area (Å²) >= 11 is 1.38. The van der Waals surface area contributed by atoms with Crippen molar-refractivity contribution in [1.29, 1.82) is 0 Å². The van der Waals surface area contributed by atoms with Gasteiger partial charge < -0.3 is 9.80 Å². The lowest BCUT2D eigenvalue weighted by atomic mass is 10.0. The van der Waals surface area contributed by atoms with Crippen molar-refractivity contribution in [3.05, 3.63) is 36.7 Å². The maximum atomic E-state index is 14.7. The van der Waals surface area contributed by atoms with Crippen LogP contribution in [0.25, 0.3) is 10.6 Å². The second-order valence-electron chi connectivity index (χ2n) is 8.10. The second kappa shape index (κ2) is 10.3. The lowest BCUT2D eigenvalue weighted by molar-refractivity contribution is -0.114. The average molecular weight is 457 g/mol. The number of carbonyl (C=O) groups is 1. The molecule has 0 atom stereocenters. The van der Waals surface area contributed by atoms with Crippen LogP contribution in [0.1, 0.15) is 39.0 Å². The van der Waals surface area contributed by atoms with Gasteiger partial charge >= 0.3 is 0 Å². The summed E-state index contributed by atoms with van der Waals surface area (Å²) in [6.07, 6.45) is 8.88. The van der Waals surface area contributed by atoms with E-state index >= 15 is 0 Å². The van der Waals surface area contributed by atoms with E-state index in [0.717, 1.165) is 31.1 Å². The highest BCUT2D eigenvalue weighted by molar-refractivity contribution is 7.18. The molecule has 2 aliphatic rings. The number of piperidine rings is 2. The number of rotatable bonds is 6. The number of hydrogen-bond acceptors (Lipinski definition) is 7. The molecule has 7 nitrogen and oxygen atoms in total. The maximum Gasteiger partial charge on any atom is 0.270 e. The molecule has 0 spiro atoms. The van der Waals surface area contributed by atoms with Crippen molar-refractivity contribution in [3.63, 3.8) is 0 Å². The van der Waals surface area contributed by atoms with Crippen LogP contribution in [0.15, 0.2) is 36.0 Å². The van der Waals surface area contributed by atoms with Crippen LogP contribution < -0.4 is 9.91 Å². The molecule has 32 heavy (non-hydrogen) atoms. The van der Waals surface area contributed by atoms with E-state index in [4.69, 9.17) is 0 Å². The Kier molecular flexibility index (Phi) is 7.26. The summed E-state index contributed by atoms with van der Waals surface area (Å²) in [5.74, 6) is -0.804. The van der Waals surface area contributed by atoms with E-state index in [2.05, 4.69) is 31.7 Å². The monoisotopic (exact) mass is 456 g/mol. The van der Waals surface area contributed by atoms with E-state index in [1.165, 1.54) is 73.1 Å². The molecule has 2 aliphatic heterocycles. The van der Waals surface area contributed by atoms with Gasteiger partial charge in [-0.3, -0.25) is 4.79 Å². The normalized spacial score (nSPS) is 18.2. The molecule has 0 saturated carbocycles. The molecule has 1 aromatic heterocycles. The molecule has 2 fully saturated rings. The van der Waals surface area contributed by atoms with Gasteiger partial charge in [0.2, 0.25) is 5.13 Å². The van der Waals surface area contributed by atoms with Gasteiger partial charge in [-0.1, -0.05) is 24.3 Å². The van der Waals surface area contributed by atoms with Gasteiger partial charge in [0, 0.05) is 25.3 Å². The molecule has 9 heteroatoms. The number of carbonyl (C=O) groups excluding carboxylic acids is 1. The van der Waals surface area contributed by atoms with Crippen molar-refractivity contribution in [2.75, 3.05) is 36.1 Å². The number of amides is 1. The first-order valence-corrected chi connectivity index (χ1v) is 12.0. The molecule has 0 radical (unpaired) electrons. The zero-order valence-electron chi connectivity index (χ0n) is 18.4. The molecule has 0 aliphatic carbocycles. The van der Waals surface area contributed by atoms with Gasteiger partial charge in [-0.25, -0.2) is 4.39 Å². The summed E-state index contributed by atoms with van der Waals surface area (Å²) in [7, 11) is 0. The van der Waals surface area contributed by atoms with Gasteiger partial charge in [-0.15, -0.1) is 10.2 Å². The van der Waals surface area contributed by atoms with Crippen LogP contribution >= 0.6 is 11.3 Å². The second-order valence-corrected chi connectivity index (χ2v) is 9.05. The molecule has 0 unspecified atom stereocenters. The predicted octanol–water partition coefficient (Wildman–Crippen LogP) is 4.32. The SMILES string of the molecule is C=CC(=O)N(/N=C\C)c1ccc(F)c(-c2nnc(N3CCC(N4CCCCC4)CC3)s2)c1. The third-order valence-corrected chi connectivity index (χ3v) is 7.11. The maximum absolute atomic E-state index is 14.7. The summed E-state index contributed by atoms with van der Waals surface area (Å²) < 4.78 is 14.7. The van der Waals surface area contributed by atoms with Gasteiger partial charge in [-0.05, 0) is 70.0 Å². The van der Waals surface area contributed by atoms with Crippen molar-refractivity contribution in [2.24, 2.45) is 5.10 Å². The highest BCUT2D eigenvalue weighted by Crippen LogP contribution is 2.34. The Labute approximate surface area is 192 Å². The number of hydrazone groups is 1. The summed E-state index contributed by atoms with van der Waals surface area (Å²) in [6, 6.07) is 5.07. The Balaban J connectivity index is 1.49. The quantitative estimate of drug-likeness (QED) is 0.368. The van der Waals surface area contributed by atoms with Crippen LogP contribution in [0.2, 0.25) is 0 Å². The number of aromatic nitrogens is 2. The minimum Gasteiger partial charge on any atom is -0.347 e. The van der Waals surface area contributed by atoms with E-state index in [0.29, 0.717) is 22.3 Å². The first kappa shape index (κ1) is 22.5. The highest BCUT2D eigenvalue weighted by atomic mass is 32.1. The van der Waals surface area contributed by atoms with E-state index in [-0.39, 0.29) is 0 Å². The minimum atomic E-state index is -0.410. The molecule has 2 aromatic rings. The Morgan fingerprint density at radius 1 is 1.22 bits per heavy atom. The van der Waals surface area contributed by atoms with E-state index in [1.54, 1.807) is 13.0 Å². The zero-order chi connectivity index (χ0) is 22.5. The molecule has 0 bridgehead atoms. The van der Waals surface area contributed by atoms with Gasteiger partial charge in [0.05, 0.1) is 11.3 Å². The van der Waals surface area contributed by atoms with Crippen LogP contribution in [0.4, 0.5) is 15.2 Å². The molecule has 4 rings (SSSR count). The summed E-state index contributed by atoms with van der Waals surface area (Å²) in [6.45, 7) is 9.53. The lowest BCUT2D eigenvalue weighted by Gasteiger charge is -2.40. The molecule has 0 N–H and O–H groups in total. The Morgan fingerprint density at radius 3 is 2.66 bits per heavy atom. The standard InChI is InChI=1S/C23H29FN6OS/c1-3-21(31)30(25-4-2)18-8-9-20(24)19(16-18)22-26-27-23(32-22)29-14-10-17(11-15-29)28-12-6-5-7-13-28/h3-4,8-9,16-17H,1,5-7,10-15H2,2H3/b25-4-. The first-order chi connectivity index (χ1) is 15.6. The Morgan fingerprint density at radius 2 is 1.97 bits per heavy atom. The summed E-state index contributed by atoms with van der Waals surface area (Å²) in [4.78, 5) is 17.0. The Bertz CT molecular complexity index is 979. The van der Waals surface area contributed by atoms with Crippen LogP contribution in [-0.4, -0.2) is 59.4 Å². The summed E-state index contributed by atoms with van der Waals surface area (Å²) in [5, 5.41) is 15.2.